The zero-order valence-corrected chi connectivity index (χ0v) is 31.9. The average Bonchev–Trinajstić information content (AvgIpc) is 3.01. The number of phosphoric ester groups is 1. The summed E-state index contributed by atoms with van der Waals surface area (Å²) < 4.78 is 23.4. The van der Waals surface area contributed by atoms with Gasteiger partial charge in [-0.05, 0) is 44.9 Å². The van der Waals surface area contributed by atoms with Crippen molar-refractivity contribution in [3.63, 3.8) is 0 Å². The minimum absolute atomic E-state index is 0.0540. The second-order valence-corrected chi connectivity index (χ2v) is 15.4. The maximum absolute atomic E-state index is 12.7. The Balaban J connectivity index is 4.64. The largest absolute Gasteiger partial charge is 0.472 e. The number of rotatable bonds is 33. The number of phosphoric acid groups is 1. The van der Waals surface area contributed by atoms with Crippen LogP contribution in [0.2, 0.25) is 0 Å². The summed E-state index contributed by atoms with van der Waals surface area (Å²) in [5, 5.41) is 13.7. The topological polar surface area (TPSA) is 105 Å². The predicted octanol–water partition coefficient (Wildman–Crippen LogP) is 9.57. The van der Waals surface area contributed by atoms with Gasteiger partial charge in [-0.15, -0.1) is 0 Å². The number of aliphatic hydroxyl groups is 1. The summed E-state index contributed by atoms with van der Waals surface area (Å²) >= 11 is 0. The van der Waals surface area contributed by atoms with E-state index in [0.29, 0.717) is 17.4 Å². The maximum Gasteiger partial charge on any atom is 0.472 e. The molecule has 0 aromatic carbocycles. The van der Waals surface area contributed by atoms with Gasteiger partial charge in [-0.3, -0.25) is 13.8 Å². The Morgan fingerprint density at radius 3 is 1.70 bits per heavy atom. The molecule has 1 amide bonds. The number of hydrogen-bond donors (Lipinski definition) is 3. The van der Waals surface area contributed by atoms with E-state index >= 15 is 0 Å². The molecule has 0 aliphatic rings. The minimum atomic E-state index is -4.34. The van der Waals surface area contributed by atoms with Gasteiger partial charge in [0.2, 0.25) is 5.91 Å². The first-order chi connectivity index (χ1) is 22.5. The molecule has 0 rings (SSSR count). The quantitative estimate of drug-likeness (QED) is 0.0275. The van der Waals surface area contributed by atoms with Crippen molar-refractivity contribution in [1.29, 1.82) is 0 Å². The van der Waals surface area contributed by atoms with Crippen molar-refractivity contribution in [1.82, 2.24) is 5.32 Å². The molecule has 0 aliphatic carbocycles. The fourth-order valence-electron chi connectivity index (χ4n) is 5.01. The highest BCUT2D eigenvalue weighted by atomic mass is 31.2. The third kappa shape index (κ3) is 33.0. The molecule has 47 heavy (non-hydrogen) atoms. The van der Waals surface area contributed by atoms with Gasteiger partial charge in [0, 0.05) is 6.42 Å². The second-order valence-electron chi connectivity index (χ2n) is 13.9. The van der Waals surface area contributed by atoms with Crippen LogP contribution in [0, 0.1) is 0 Å². The lowest BCUT2D eigenvalue weighted by Gasteiger charge is -2.25. The molecule has 0 saturated carbocycles. The monoisotopic (exact) mass is 686 g/mol. The molecule has 0 bridgehead atoms. The predicted molar refractivity (Wildman–Crippen MR) is 198 cm³/mol. The molecule has 0 spiro atoms. The van der Waals surface area contributed by atoms with Crippen molar-refractivity contribution in [3.8, 4) is 0 Å². The van der Waals surface area contributed by atoms with E-state index in [1.807, 2.05) is 27.2 Å². The van der Waals surface area contributed by atoms with Crippen LogP contribution < -0.4 is 5.32 Å². The van der Waals surface area contributed by atoms with Crippen LogP contribution in [0.15, 0.2) is 36.5 Å². The molecule has 3 N–H and O–H groups in total. The molecule has 0 aromatic rings. The van der Waals surface area contributed by atoms with Crippen LogP contribution in [0.25, 0.3) is 0 Å². The number of nitrogens with zero attached hydrogens (tertiary/aromatic N) is 1. The molecule has 3 atom stereocenters. The first kappa shape index (κ1) is 45.7. The molecule has 3 unspecified atom stereocenters. The van der Waals surface area contributed by atoms with Crippen LogP contribution >= 0.6 is 7.82 Å². The minimum Gasteiger partial charge on any atom is -0.387 e. The zero-order chi connectivity index (χ0) is 35.1. The van der Waals surface area contributed by atoms with Crippen molar-refractivity contribution in [2.45, 2.75) is 161 Å². The van der Waals surface area contributed by atoms with E-state index < -0.39 is 20.0 Å². The van der Waals surface area contributed by atoms with Gasteiger partial charge in [-0.2, -0.15) is 0 Å². The highest BCUT2D eigenvalue weighted by molar-refractivity contribution is 7.47. The number of aliphatic hydroxyl groups excluding tert-OH is 1. The van der Waals surface area contributed by atoms with Crippen LogP contribution in [0.3, 0.4) is 0 Å². The smallest absolute Gasteiger partial charge is 0.387 e. The molecule has 276 valence electrons. The molecule has 9 heteroatoms. The van der Waals surface area contributed by atoms with E-state index in [-0.39, 0.29) is 19.1 Å². The summed E-state index contributed by atoms with van der Waals surface area (Å²) in [6.45, 7) is 4.72. The van der Waals surface area contributed by atoms with Crippen LogP contribution in [-0.4, -0.2) is 73.4 Å². The standard InChI is InChI=1S/C38H73N2O6P/c1-6-8-10-12-14-16-18-19-20-21-22-23-25-27-29-31-37(41)36(35-46-47(43,44)45-34-33-40(3,4)5)39-38(42)32-30-28-26-24-17-15-13-11-9-7-2/h18-19,22-23,29,31,36-37,41H,6-17,20-21,24-28,30,32-35H2,1-5H3,(H-,39,42,43,44)/p+1/b19-18+,23-22+,31-29+. The Labute approximate surface area is 289 Å². The maximum atomic E-state index is 12.7. The summed E-state index contributed by atoms with van der Waals surface area (Å²) in [4.78, 5) is 22.9. The fraction of sp³-hybridized carbons (Fsp3) is 0.816. The lowest BCUT2D eigenvalue weighted by molar-refractivity contribution is -0.870. The van der Waals surface area contributed by atoms with Gasteiger partial charge in [-0.25, -0.2) is 4.57 Å². The Kier molecular flexibility index (Phi) is 29.9. The summed E-state index contributed by atoms with van der Waals surface area (Å²) in [5.74, 6) is -0.196. The van der Waals surface area contributed by atoms with E-state index in [9.17, 15) is 19.4 Å². The number of unbranched alkanes of at least 4 members (excludes halogenated alkanes) is 16. The number of quaternary nitrogens is 1. The number of likely N-dealkylation sites (N-methyl/N-ethyl adjacent to an activating group) is 1. The molecular weight excluding hydrogens is 611 g/mol. The normalized spacial score (nSPS) is 15.1. The molecule has 0 aliphatic heterocycles. The van der Waals surface area contributed by atoms with Crippen LogP contribution in [0.1, 0.15) is 149 Å². The van der Waals surface area contributed by atoms with Gasteiger partial charge in [0.25, 0.3) is 0 Å². The van der Waals surface area contributed by atoms with Crippen LogP contribution in [0.4, 0.5) is 0 Å². The molecule has 0 aromatic heterocycles. The Hall–Kier alpha value is -1.28. The first-order valence-corrected chi connectivity index (χ1v) is 20.4. The lowest BCUT2D eigenvalue weighted by atomic mass is 10.1. The van der Waals surface area contributed by atoms with Gasteiger partial charge < -0.3 is 19.8 Å². The van der Waals surface area contributed by atoms with E-state index in [1.54, 1.807) is 6.08 Å². The van der Waals surface area contributed by atoms with E-state index in [1.165, 1.54) is 83.5 Å². The van der Waals surface area contributed by atoms with Crippen molar-refractivity contribution in [3.05, 3.63) is 36.5 Å². The van der Waals surface area contributed by atoms with Gasteiger partial charge in [-0.1, -0.05) is 134 Å². The Bertz CT molecular complexity index is 871. The molecule has 0 radical (unpaired) electrons. The van der Waals surface area contributed by atoms with Crippen LogP contribution in [-0.2, 0) is 18.4 Å². The van der Waals surface area contributed by atoms with Gasteiger partial charge in [0.05, 0.1) is 39.9 Å². The number of hydrogen-bond acceptors (Lipinski definition) is 5. The number of carbonyl (C=O) groups excluding carboxylic acids is 1. The van der Waals surface area contributed by atoms with Crippen molar-refractivity contribution < 1.29 is 32.9 Å². The van der Waals surface area contributed by atoms with E-state index in [0.717, 1.165) is 44.9 Å². The first-order valence-electron chi connectivity index (χ1n) is 18.9. The number of amides is 1. The number of allylic oxidation sites excluding steroid dienone is 5. The summed E-state index contributed by atoms with van der Waals surface area (Å²) in [7, 11) is 1.54. The van der Waals surface area contributed by atoms with Gasteiger partial charge >= 0.3 is 7.82 Å². The average molecular weight is 686 g/mol. The highest BCUT2D eigenvalue weighted by Crippen LogP contribution is 2.43. The summed E-state index contributed by atoms with van der Waals surface area (Å²) in [6, 6.07) is -0.863. The fourth-order valence-corrected chi connectivity index (χ4v) is 5.75. The Morgan fingerprint density at radius 1 is 0.702 bits per heavy atom. The van der Waals surface area contributed by atoms with Gasteiger partial charge in [0.15, 0.2) is 0 Å². The number of nitrogens with one attached hydrogen (secondary N) is 1. The second kappa shape index (κ2) is 30.8. The highest BCUT2D eigenvalue weighted by Gasteiger charge is 2.27. The molecule has 0 saturated heterocycles. The molecule has 0 heterocycles. The lowest BCUT2D eigenvalue weighted by Crippen LogP contribution is -2.45. The molecular formula is C38H74N2O6P+. The Morgan fingerprint density at radius 2 is 1.17 bits per heavy atom. The van der Waals surface area contributed by atoms with E-state index in [2.05, 4.69) is 43.5 Å². The van der Waals surface area contributed by atoms with Crippen LogP contribution in [0.5, 0.6) is 0 Å². The molecule has 8 nitrogen and oxygen atoms in total. The van der Waals surface area contributed by atoms with Crippen molar-refractivity contribution in [2.24, 2.45) is 0 Å². The third-order valence-corrected chi connectivity index (χ3v) is 9.07. The summed E-state index contributed by atoms with van der Waals surface area (Å²) in [6.07, 6.45) is 34.9. The number of carbonyl (C=O) groups is 1. The van der Waals surface area contributed by atoms with Gasteiger partial charge in [0.1, 0.15) is 13.2 Å². The van der Waals surface area contributed by atoms with E-state index in [4.69, 9.17) is 9.05 Å². The summed E-state index contributed by atoms with van der Waals surface area (Å²) in [5.41, 5.74) is 0. The van der Waals surface area contributed by atoms with Crippen molar-refractivity contribution >= 4 is 13.7 Å². The third-order valence-electron chi connectivity index (χ3n) is 8.09. The SMILES string of the molecule is CCCCCCC/C=C/CC/C=C/CC/C=C/C(O)C(COP(=O)(O)OCC[N+](C)(C)C)NC(=O)CCCCCCCCCCCC. The van der Waals surface area contributed by atoms with Crippen molar-refractivity contribution in [2.75, 3.05) is 40.9 Å². The zero-order valence-electron chi connectivity index (χ0n) is 31.0. The molecule has 0 fully saturated rings.